The Morgan fingerprint density at radius 3 is 2.89 bits per heavy atom. The van der Waals surface area contributed by atoms with Gasteiger partial charge in [-0.3, -0.25) is 4.98 Å². The Labute approximate surface area is 107 Å². The molecule has 2 aromatic rings. The fourth-order valence-electron chi connectivity index (χ4n) is 2.03. The van der Waals surface area contributed by atoms with Gasteiger partial charge in [-0.1, -0.05) is 0 Å². The molecule has 0 aliphatic heterocycles. The van der Waals surface area contributed by atoms with Crippen molar-refractivity contribution in [1.82, 2.24) is 4.98 Å². The second kappa shape index (κ2) is 5.23. The molecule has 1 unspecified atom stereocenters. The van der Waals surface area contributed by atoms with Crippen LogP contribution in [0, 0.1) is 6.92 Å². The minimum absolute atomic E-state index is 0.179. The van der Waals surface area contributed by atoms with Crippen LogP contribution in [0.25, 0.3) is 10.9 Å². The van der Waals surface area contributed by atoms with Crippen LogP contribution >= 0.6 is 0 Å². The van der Waals surface area contributed by atoms with E-state index >= 15 is 0 Å². The van der Waals surface area contributed by atoms with Crippen LogP contribution in [-0.4, -0.2) is 22.7 Å². The lowest BCUT2D eigenvalue weighted by Crippen LogP contribution is -2.17. The van der Waals surface area contributed by atoms with Crippen molar-refractivity contribution < 1.29 is 5.11 Å². The first-order valence-corrected chi connectivity index (χ1v) is 6.14. The number of anilines is 2. The van der Waals surface area contributed by atoms with Crippen LogP contribution in [0.4, 0.5) is 11.4 Å². The van der Waals surface area contributed by atoms with Gasteiger partial charge in [0.05, 0.1) is 5.52 Å². The van der Waals surface area contributed by atoms with Crippen LogP contribution in [0.3, 0.4) is 0 Å². The van der Waals surface area contributed by atoms with Crippen molar-refractivity contribution in [1.29, 1.82) is 0 Å². The second-order valence-corrected chi connectivity index (χ2v) is 4.65. The number of benzene rings is 1. The maximum absolute atomic E-state index is 8.95. The third kappa shape index (κ3) is 2.71. The first-order valence-electron chi connectivity index (χ1n) is 6.14. The molecule has 0 spiro atoms. The largest absolute Gasteiger partial charge is 0.399 e. The van der Waals surface area contributed by atoms with Crippen LogP contribution in [0.5, 0.6) is 0 Å². The van der Waals surface area contributed by atoms with Gasteiger partial charge in [0.25, 0.3) is 0 Å². The summed E-state index contributed by atoms with van der Waals surface area (Å²) in [6.07, 6.45) is 0.713. The normalized spacial score (nSPS) is 12.6. The van der Waals surface area contributed by atoms with Crippen LogP contribution in [0.15, 0.2) is 24.3 Å². The number of nitrogens with two attached hydrogens (primary N) is 1. The van der Waals surface area contributed by atoms with Gasteiger partial charge in [0.2, 0.25) is 0 Å². The van der Waals surface area contributed by atoms with Crippen molar-refractivity contribution in [2.75, 3.05) is 17.7 Å². The Balaban J connectivity index is 2.44. The Morgan fingerprint density at radius 1 is 1.39 bits per heavy atom. The van der Waals surface area contributed by atoms with Crippen LogP contribution in [0.1, 0.15) is 19.0 Å². The topological polar surface area (TPSA) is 71.2 Å². The van der Waals surface area contributed by atoms with E-state index < -0.39 is 0 Å². The smallest absolute Gasteiger partial charge is 0.0727 e. The molecule has 18 heavy (non-hydrogen) atoms. The molecule has 4 N–H and O–H groups in total. The van der Waals surface area contributed by atoms with E-state index in [0.29, 0.717) is 6.42 Å². The molecule has 96 valence electrons. The number of aryl methyl sites for hydroxylation is 1. The Kier molecular flexibility index (Phi) is 3.67. The second-order valence-electron chi connectivity index (χ2n) is 4.65. The van der Waals surface area contributed by atoms with E-state index in [1.165, 1.54) is 0 Å². The maximum atomic E-state index is 8.95. The molecule has 0 fully saturated rings. The molecule has 0 saturated heterocycles. The number of pyridine rings is 1. The zero-order valence-electron chi connectivity index (χ0n) is 10.8. The van der Waals surface area contributed by atoms with Crippen LogP contribution < -0.4 is 11.1 Å². The SMILES string of the molecule is Cc1cc(NC(C)CCO)c2cc(N)ccc2n1. The lowest BCUT2D eigenvalue weighted by Gasteiger charge is -2.16. The van der Waals surface area contributed by atoms with Crippen molar-refractivity contribution >= 4 is 22.3 Å². The number of aliphatic hydroxyl groups excluding tert-OH is 1. The van der Waals surface area contributed by atoms with Gasteiger partial charge in [-0.25, -0.2) is 0 Å². The predicted octanol–water partition coefficient (Wildman–Crippen LogP) is 2.31. The molecule has 0 bridgehead atoms. The van der Waals surface area contributed by atoms with Gasteiger partial charge >= 0.3 is 0 Å². The summed E-state index contributed by atoms with van der Waals surface area (Å²) >= 11 is 0. The Morgan fingerprint density at radius 2 is 2.17 bits per heavy atom. The highest BCUT2D eigenvalue weighted by molar-refractivity contribution is 5.93. The fraction of sp³-hybridized carbons (Fsp3) is 0.357. The number of nitrogens with zero attached hydrogens (tertiary/aromatic N) is 1. The first kappa shape index (κ1) is 12.6. The molecular weight excluding hydrogens is 226 g/mol. The maximum Gasteiger partial charge on any atom is 0.0727 e. The van der Waals surface area contributed by atoms with Gasteiger partial charge in [-0.2, -0.15) is 0 Å². The summed E-state index contributed by atoms with van der Waals surface area (Å²) in [7, 11) is 0. The number of rotatable bonds is 4. The molecule has 0 aliphatic carbocycles. The number of aromatic nitrogens is 1. The average molecular weight is 245 g/mol. The summed E-state index contributed by atoms with van der Waals surface area (Å²) in [5.41, 5.74) is 9.47. The van der Waals surface area contributed by atoms with Gasteiger partial charge in [0.1, 0.15) is 0 Å². The highest BCUT2D eigenvalue weighted by atomic mass is 16.3. The van der Waals surface area contributed by atoms with E-state index in [4.69, 9.17) is 10.8 Å². The standard InChI is InChI=1S/C14H19N3O/c1-9(5-6-18)16-14-7-10(2)17-13-4-3-11(15)8-12(13)14/h3-4,7-9,18H,5-6,15H2,1-2H3,(H,16,17). The molecule has 0 aliphatic rings. The summed E-state index contributed by atoms with van der Waals surface area (Å²) in [5.74, 6) is 0. The van der Waals surface area contributed by atoms with Crippen molar-refractivity contribution in [2.24, 2.45) is 0 Å². The minimum Gasteiger partial charge on any atom is -0.399 e. The zero-order chi connectivity index (χ0) is 13.1. The lowest BCUT2D eigenvalue weighted by atomic mass is 10.1. The third-order valence-electron chi connectivity index (χ3n) is 2.92. The van der Waals surface area contributed by atoms with E-state index in [2.05, 4.69) is 10.3 Å². The van der Waals surface area contributed by atoms with Crippen molar-refractivity contribution in [3.8, 4) is 0 Å². The van der Waals surface area contributed by atoms with E-state index in [9.17, 15) is 0 Å². The number of hydrogen-bond acceptors (Lipinski definition) is 4. The minimum atomic E-state index is 0.179. The fourth-order valence-corrected chi connectivity index (χ4v) is 2.03. The van der Waals surface area contributed by atoms with E-state index in [1.54, 1.807) is 0 Å². The van der Waals surface area contributed by atoms with E-state index in [0.717, 1.165) is 28.0 Å². The molecule has 4 nitrogen and oxygen atoms in total. The summed E-state index contributed by atoms with van der Waals surface area (Å²) in [5, 5.41) is 13.4. The van der Waals surface area contributed by atoms with Gasteiger partial charge < -0.3 is 16.2 Å². The molecule has 0 saturated carbocycles. The van der Waals surface area contributed by atoms with Crippen molar-refractivity contribution in [3.63, 3.8) is 0 Å². The quantitative estimate of drug-likeness (QED) is 0.723. The number of nitrogens with one attached hydrogen (secondary N) is 1. The molecule has 0 amide bonds. The third-order valence-corrected chi connectivity index (χ3v) is 2.92. The highest BCUT2D eigenvalue weighted by Gasteiger charge is 2.07. The van der Waals surface area contributed by atoms with Gasteiger partial charge in [0.15, 0.2) is 0 Å². The Bertz CT molecular complexity index is 554. The van der Waals surface area contributed by atoms with E-state index in [-0.39, 0.29) is 12.6 Å². The number of nitrogen functional groups attached to an aromatic ring is 1. The summed E-state index contributed by atoms with van der Waals surface area (Å²) in [6, 6.07) is 7.93. The van der Waals surface area contributed by atoms with Crippen LogP contribution in [0.2, 0.25) is 0 Å². The lowest BCUT2D eigenvalue weighted by molar-refractivity contribution is 0.282. The summed E-state index contributed by atoms with van der Waals surface area (Å²) < 4.78 is 0. The van der Waals surface area contributed by atoms with Gasteiger partial charge in [0, 0.05) is 35.1 Å². The predicted molar refractivity (Wildman–Crippen MR) is 75.7 cm³/mol. The number of hydrogen-bond donors (Lipinski definition) is 3. The molecular formula is C14H19N3O. The highest BCUT2D eigenvalue weighted by Crippen LogP contribution is 2.26. The van der Waals surface area contributed by atoms with Gasteiger partial charge in [-0.05, 0) is 44.5 Å². The molecule has 1 aromatic heterocycles. The average Bonchev–Trinajstić information content (AvgIpc) is 2.30. The van der Waals surface area contributed by atoms with E-state index in [1.807, 2.05) is 38.1 Å². The molecule has 1 aromatic carbocycles. The molecule has 1 heterocycles. The number of aliphatic hydroxyl groups is 1. The zero-order valence-corrected chi connectivity index (χ0v) is 10.8. The monoisotopic (exact) mass is 245 g/mol. The van der Waals surface area contributed by atoms with Crippen LogP contribution in [-0.2, 0) is 0 Å². The van der Waals surface area contributed by atoms with Crippen molar-refractivity contribution in [2.45, 2.75) is 26.3 Å². The first-order chi connectivity index (χ1) is 8.60. The Hall–Kier alpha value is -1.81. The molecule has 4 heteroatoms. The molecule has 1 atom stereocenters. The summed E-state index contributed by atoms with van der Waals surface area (Å²) in [6.45, 7) is 4.19. The number of fused-ring (bicyclic) bond motifs is 1. The van der Waals surface area contributed by atoms with Gasteiger partial charge in [-0.15, -0.1) is 0 Å². The molecule has 0 radical (unpaired) electrons. The van der Waals surface area contributed by atoms with Crippen molar-refractivity contribution in [3.05, 3.63) is 30.0 Å². The molecule has 2 rings (SSSR count). The summed E-state index contributed by atoms with van der Waals surface area (Å²) in [4.78, 5) is 4.49.